The van der Waals surface area contributed by atoms with Gasteiger partial charge >= 0.3 is 6.03 Å². The van der Waals surface area contributed by atoms with Crippen LogP contribution in [0.2, 0.25) is 0 Å². The summed E-state index contributed by atoms with van der Waals surface area (Å²) >= 11 is 0. The highest BCUT2D eigenvalue weighted by Crippen LogP contribution is 2.25. The van der Waals surface area contributed by atoms with E-state index in [2.05, 4.69) is 32.8 Å². The second-order valence-electron chi connectivity index (χ2n) is 4.31. The normalized spacial score (nSPS) is 13.8. The van der Waals surface area contributed by atoms with Crippen molar-refractivity contribution in [1.82, 2.24) is 10.3 Å². The zero-order valence-corrected chi connectivity index (χ0v) is 10.9. The van der Waals surface area contributed by atoms with Crippen molar-refractivity contribution >= 4 is 17.5 Å². The van der Waals surface area contributed by atoms with Crippen LogP contribution in [0.1, 0.15) is 12.8 Å². The van der Waals surface area contributed by atoms with Gasteiger partial charge in [0, 0.05) is 25.8 Å². The lowest BCUT2D eigenvalue weighted by atomic mass is 10.3. The van der Waals surface area contributed by atoms with Gasteiger partial charge in [-0.3, -0.25) is 0 Å². The highest BCUT2D eigenvalue weighted by Gasteiger charge is 2.17. The van der Waals surface area contributed by atoms with Crippen LogP contribution in [-0.2, 0) is 0 Å². The van der Waals surface area contributed by atoms with E-state index in [-0.39, 0.29) is 6.03 Å². The Kier molecular flexibility index (Phi) is 4.59. The number of carbonyl (C=O) groups is 1. The van der Waals surface area contributed by atoms with Crippen LogP contribution in [-0.4, -0.2) is 30.6 Å². The maximum Gasteiger partial charge on any atom is 0.319 e. The molecule has 0 atom stereocenters. The molecule has 1 aliphatic heterocycles. The number of hydrogen-bond donors (Lipinski definition) is 2. The third-order valence-corrected chi connectivity index (χ3v) is 2.95. The van der Waals surface area contributed by atoms with Crippen molar-refractivity contribution in [2.75, 3.05) is 29.9 Å². The Morgan fingerprint density at radius 1 is 1.53 bits per heavy atom. The predicted octanol–water partition coefficient (Wildman–Crippen LogP) is 2.14. The SMILES string of the molecule is C=C=CCNC(=O)Nc1cccnc1N1CCCC1. The van der Waals surface area contributed by atoms with Gasteiger partial charge in [-0.05, 0) is 31.1 Å². The van der Waals surface area contributed by atoms with Crippen LogP contribution in [0, 0.1) is 0 Å². The van der Waals surface area contributed by atoms with Gasteiger partial charge in [-0.15, -0.1) is 5.73 Å². The molecule has 1 aliphatic rings. The average Bonchev–Trinajstić information content (AvgIpc) is 2.93. The average molecular weight is 258 g/mol. The Bertz CT molecular complexity index is 488. The molecule has 1 aromatic rings. The first-order valence-corrected chi connectivity index (χ1v) is 6.40. The minimum absolute atomic E-state index is 0.250. The van der Waals surface area contributed by atoms with Gasteiger partial charge in [-0.25, -0.2) is 9.78 Å². The van der Waals surface area contributed by atoms with Gasteiger partial charge in [0.1, 0.15) is 0 Å². The van der Waals surface area contributed by atoms with Crippen LogP contribution in [0.25, 0.3) is 0 Å². The second-order valence-corrected chi connectivity index (χ2v) is 4.31. The van der Waals surface area contributed by atoms with Crippen LogP contribution >= 0.6 is 0 Å². The molecule has 2 N–H and O–H groups in total. The summed E-state index contributed by atoms with van der Waals surface area (Å²) in [5, 5.41) is 5.52. The summed E-state index contributed by atoms with van der Waals surface area (Å²) in [6.07, 6.45) is 5.75. The first-order valence-electron chi connectivity index (χ1n) is 6.40. The number of rotatable bonds is 4. The molecular formula is C14H18N4O. The van der Waals surface area contributed by atoms with Gasteiger partial charge in [-0.1, -0.05) is 6.58 Å². The first-order chi connectivity index (χ1) is 9.31. The maximum atomic E-state index is 11.7. The van der Waals surface area contributed by atoms with Gasteiger partial charge in [0.15, 0.2) is 5.82 Å². The predicted molar refractivity (Wildman–Crippen MR) is 76.4 cm³/mol. The van der Waals surface area contributed by atoms with Crippen LogP contribution in [0.4, 0.5) is 16.3 Å². The number of nitrogens with zero attached hydrogens (tertiary/aromatic N) is 2. The molecule has 0 spiro atoms. The highest BCUT2D eigenvalue weighted by molar-refractivity contribution is 5.92. The number of carbonyl (C=O) groups excluding carboxylic acids is 1. The number of amides is 2. The Labute approximate surface area is 113 Å². The summed E-state index contributed by atoms with van der Waals surface area (Å²) in [6.45, 7) is 5.84. The van der Waals surface area contributed by atoms with E-state index in [0.717, 1.165) is 24.6 Å². The zero-order valence-electron chi connectivity index (χ0n) is 10.9. The van der Waals surface area contributed by atoms with Crippen molar-refractivity contribution in [1.29, 1.82) is 0 Å². The molecule has 1 saturated heterocycles. The van der Waals surface area contributed by atoms with Crippen molar-refractivity contribution in [3.63, 3.8) is 0 Å². The molecule has 2 amide bonds. The lowest BCUT2D eigenvalue weighted by Gasteiger charge is -2.19. The molecule has 0 radical (unpaired) electrons. The summed E-state index contributed by atoms with van der Waals surface area (Å²) in [6, 6.07) is 3.43. The molecule has 5 nitrogen and oxygen atoms in total. The van der Waals surface area contributed by atoms with E-state index < -0.39 is 0 Å². The lowest BCUT2D eigenvalue weighted by molar-refractivity contribution is 0.253. The van der Waals surface area contributed by atoms with Crippen molar-refractivity contribution in [2.24, 2.45) is 0 Å². The summed E-state index contributed by atoms with van der Waals surface area (Å²) in [7, 11) is 0. The van der Waals surface area contributed by atoms with E-state index in [0.29, 0.717) is 6.54 Å². The highest BCUT2D eigenvalue weighted by atomic mass is 16.2. The van der Waals surface area contributed by atoms with Crippen LogP contribution < -0.4 is 15.5 Å². The summed E-state index contributed by atoms with van der Waals surface area (Å²) in [5.41, 5.74) is 3.35. The number of pyridine rings is 1. The molecular weight excluding hydrogens is 240 g/mol. The van der Waals surface area contributed by atoms with Crippen molar-refractivity contribution in [3.8, 4) is 0 Å². The Hall–Kier alpha value is -2.26. The largest absolute Gasteiger partial charge is 0.355 e. The fourth-order valence-corrected chi connectivity index (χ4v) is 2.06. The smallest absolute Gasteiger partial charge is 0.319 e. The fraction of sp³-hybridized carbons (Fsp3) is 0.357. The summed E-state index contributed by atoms with van der Waals surface area (Å²) < 4.78 is 0. The Morgan fingerprint density at radius 2 is 2.32 bits per heavy atom. The van der Waals surface area contributed by atoms with E-state index >= 15 is 0 Å². The monoisotopic (exact) mass is 258 g/mol. The molecule has 5 heteroatoms. The minimum Gasteiger partial charge on any atom is -0.355 e. The lowest BCUT2D eigenvalue weighted by Crippen LogP contribution is -2.30. The Balaban J connectivity index is 2.02. The maximum absolute atomic E-state index is 11.7. The summed E-state index contributed by atoms with van der Waals surface area (Å²) in [4.78, 5) is 18.3. The Morgan fingerprint density at radius 3 is 3.05 bits per heavy atom. The number of urea groups is 1. The van der Waals surface area contributed by atoms with Gasteiger partial charge in [0.25, 0.3) is 0 Å². The quantitative estimate of drug-likeness (QED) is 0.814. The van der Waals surface area contributed by atoms with E-state index in [9.17, 15) is 4.79 Å². The third-order valence-electron chi connectivity index (χ3n) is 2.95. The fourth-order valence-electron chi connectivity index (χ4n) is 2.06. The van der Waals surface area contributed by atoms with Crippen LogP contribution in [0.15, 0.2) is 36.7 Å². The van der Waals surface area contributed by atoms with E-state index in [4.69, 9.17) is 0 Å². The van der Waals surface area contributed by atoms with Gasteiger partial charge < -0.3 is 15.5 Å². The molecule has 0 aromatic carbocycles. The molecule has 0 saturated carbocycles. The van der Waals surface area contributed by atoms with E-state index in [1.54, 1.807) is 12.3 Å². The minimum atomic E-state index is -0.250. The number of hydrogen-bond acceptors (Lipinski definition) is 3. The molecule has 0 unspecified atom stereocenters. The van der Waals surface area contributed by atoms with E-state index in [1.807, 2.05) is 12.1 Å². The number of nitrogens with one attached hydrogen (secondary N) is 2. The summed E-state index contributed by atoms with van der Waals surface area (Å²) in [5.74, 6) is 0.842. The molecule has 1 fully saturated rings. The molecule has 0 bridgehead atoms. The van der Waals surface area contributed by atoms with Crippen molar-refractivity contribution in [3.05, 3.63) is 36.7 Å². The number of anilines is 2. The molecule has 0 aliphatic carbocycles. The van der Waals surface area contributed by atoms with Crippen LogP contribution in [0.3, 0.4) is 0 Å². The van der Waals surface area contributed by atoms with Gasteiger partial charge in [0.2, 0.25) is 0 Å². The first kappa shape index (κ1) is 13.2. The third kappa shape index (κ3) is 3.60. The molecule has 2 heterocycles. The van der Waals surface area contributed by atoms with Gasteiger partial charge in [0.05, 0.1) is 5.69 Å². The molecule has 19 heavy (non-hydrogen) atoms. The standard InChI is InChI=1S/C14H18N4O/c1-2-3-8-16-14(19)17-12-7-6-9-15-13(12)18-10-4-5-11-18/h3,6-7,9H,1,4-5,8,10-11H2,(H2,16,17,19). The zero-order chi connectivity index (χ0) is 13.5. The van der Waals surface area contributed by atoms with Crippen LogP contribution in [0.5, 0.6) is 0 Å². The second kappa shape index (κ2) is 6.61. The van der Waals surface area contributed by atoms with Gasteiger partial charge in [-0.2, -0.15) is 0 Å². The van der Waals surface area contributed by atoms with Crippen molar-refractivity contribution in [2.45, 2.75) is 12.8 Å². The molecule has 2 rings (SSSR count). The number of aromatic nitrogens is 1. The molecule has 100 valence electrons. The molecule has 1 aromatic heterocycles. The van der Waals surface area contributed by atoms with E-state index in [1.165, 1.54) is 12.8 Å². The van der Waals surface area contributed by atoms with Crippen molar-refractivity contribution < 1.29 is 4.79 Å². The topological polar surface area (TPSA) is 57.3 Å².